The Hall–Kier alpha value is -2.49. The van der Waals surface area contributed by atoms with Gasteiger partial charge in [-0.15, -0.1) is 10.2 Å². The van der Waals surface area contributed by atoms with Crippen molar-refractivity contribution >= 4 is 5.91 Å². The summed E-state index contributed by atoms with van der Waals surface area (Å²) < 4.78 is 16.4. The quantitative estimate of drug-likeness (QED) is 0.698. The molecule has 0 saturated carbocycles. The lowest BCUT2D eigenvalue weighted by molar-refractivity contribution is -0.137. The van der Waals surface area contributed by atoms with E-state index in [0.717, 1.165) is 37.5 Å². The summed E-state index contributed by atoms with van der Waals surface area (Å²) in [6.07, 6.45) is 0. The molecule has 9 nitrogen and oxygen atoms in total. The average Bonchev–Trinajstić information content (AvgIpc) is 3.30. The number of hydrogen-bond donors (Lipinski definition) is 0. The molecule has 162 valence electrons. The number of ether oxygens (including phenoxy) is 2. The molecule has 2 saturated heterocycles. The van der Waals surface area contributed by atoms with Crippen molar-refractivity contribution < 1.29 is 18.7 Å². The molecule has 2 aliphatic rings. The number of carbonyl (C=O) groups is 1. The first kappa shape index (κ1) is 20.8. The van der Waals surface area contributed by atoms with Gasteiger partial charge in [0.2, 0.25) is 17.7 Å². The molecule has 4 rings (SSSR count). The highest BCUT2D eigenvalue weighted by Gasteiger charge is 2.27. The molecule has 30 heavy (non-hydrogen) atoms. The second kappa shape index (κ2) is 9.55. The molecule has 1 aromatic heterocycles. The molecule has 1 aromatic carbocycles. The number of amides is 1. The molecule has 1 amide bonds. The third-order valence-electron chi connectivity index (χ3n) is 5.81. The molecule has 3 heterocycles. The highest BCUT2D eigenvalue weighted by atomic mass is 16.5. The molecule has 2 fully saturated rings. The molecule has 2 aliphatic heterocycles. The number of nitrogens with zero attached hydrogens (tertiary/aromatic N) is 5. The molecule has 1 unspecified atom stereocenters. The van der Waals surface area contributed by atoms with Gasteiger partial charge in [-0.05, 0) is 31.2 Å². The van der Waals surface area contributed by atoms with Crippen molar-refractivity contribution in [2.45, 2.75) is 13.0 Å². The smallest absolute Gasteiger partial charge is 0.247 e. The van der Waals surface area contributed by atoms with E-state index < -0.39 is 0 Å². The van der Waals surface area contributed by atoms with Gasteiger partial charge in [-0.2, -0.15) is 0 Å². The van der Waals surface area contributed by atoms with Gasteiger partial charge in [0.25, 0.3) is 0 Å². The normalized spacial score (nSPS) is 19.6. The Balaban J connectivity index is 1.29. The maximum atomic E-state index is 12.5. The molecule has 0 bridgehead atoms. The van der Waals surface area contributed by atoms with Crippen LogP contribution in [-0.4, -0.2) is 96.9 Å². The third-order valence-corrected chi connectivity index (χ3v) is 5.81. The fraction of sp³-hybridized carbons (Fsp3) is 0.571. The van der Waals surface area contributed by atoms with Gasteiger partial charge in [0.1, 0.15) is 5.75 Å². The predicted molar refractivity (Wildman–Crippen MR) is 110 cm³/mol. The molecule has 9 heteroatoms. The Morgan fingerprint density at radius 3 is 2.43 bits per heavy atom. The lowest BCUT2D eigenvalue weighted by Crippen LogP contribution is -2.51. The monoisotopic (exact) mass is 415 g/mol. The molecule has 0 spiro atoms. The highest BCUT2D eigenvalue weighted by Crippen LogP contribution is 2.26. The zero-order valence-electron chi connectivity index (χ0n) is 17.6. The number of carbonyl (C=O) groups excluding carboxylic acids is 1. The van der Waals surface area contributed by atoms with Crippen molar-refractivity contribution in [3.05, 3.63) is 30.2 Å². The molecular formula is C21H29N5O4. The number of rotatable bonds is 6. The van der Waals surface area contributed by atoms with Gasteiger partial charge in [-0.25, -0.2) is 0 Å². The predicted octanol–water partition coefficient (Wildman–Crippen LogP) is 1.28. The Morgan fingerprint density at radius 2 is 1.77 bits per heavy atom. The molecular weight excluding hydrogens is 386 g/mol. The minimum Gasteiger partial charge on any atom is -0.497 e. The Morgan fingerprint density at radius 1 is 1.07 bits per heavy atom. The summed E-state index contributed by atoms with van der Waals surface area (Å²) in [7, 11) is 1.64. The van der Waals surface area contributed by atoms with E-state index in [4.69, 9.17) is 13.9 Å². The third kappa shape index (κ3) is 4.80. The summed E-state index contributed by atoms with van der Waals surface area (Å²) in [6.45, 7) is 8.65. The summed E-state index contributed by atoms with van der Waals surface area (Å²) in [5.41, 5.74) is 0.869. The zero-order chi connectivity index (χ0) is 20.9. The number of hydrogen-bond acceptors (Lipinski definition) is 8. The summed E-state index contributed by atoms with van der Waals surface area (Å²) in [4.78, 5) is 18.9. The molecule has 0 radical (unpaired) electrons. The number of piperazine rings is 1. The first-order valence-corrected chi connectivity index (χ1v) is 10.4. The topological polar surface area (TPSA) is 84.2 Å². The Kier molecular flexibility index (Phi) is 6.61. The number of methoxy groups -OCH3 is 1. The molecule has 2 aromatic rings. The van der Waals surface area contributed by atoms with Gasteiger partial charge in [-0.3, -0.25) is 14.6 Å². The first-order chi connectivity index (χ1) is 14.6. The van der Waals surface area contributed by atoms with E-state index >= 15 is 0 Å². The summed E-state index contributed by atoms with van der Waals surface area (Å²) in [5, 5.41) is 8.47. The van der Waals surface area contributed by atoms with E-state index in [1.54, 1.807) is 7.11 Å². The van der Waals surface area contributed by atoms with Crippen molar-refractivity contribution in [3.63, 3.8) is 0 Å². The Labute approximate surface area is 176 Å². The van der Waals surface area contributed by atoms with Crippen molar-refractivity contribution in [1.82, 2.24) is 24.9 Å². The first-order valence-electron chi connectivity index (χ1n) is 10.4. The zero-order valence-corrected chi connectivity index (χ0v) is 17.6. The van der Waals surface area contributed by atoms with E-state index in [9.17, 15) is 4.79 Å². The minimum atomic E-state index is 0.0293. The van der Waals surface area contributed by atoms with Crippen molar-refractivity contribution in [3.8, 4) is 17.2 Å². The van der Waals surface area contributed by atoms with Crippen LogP contribution in [0.25, 0.3) is 11.5 Å². The van der Waals surface area contributed by atoms with Gasteiger partial charge in [-0.1, -0.05) is 0 Å². The summed E-state index contributed by atoms with van der Waals surface area (Å²) in [5.74, 6) is 2.10. The number of benzene rings is 1. The van der Waals surface area contributed by atoms with Crippen LogP contribution in [0.4, 0.5) is 0 Å². The SMILES string of the molecule is COc1ccc(-c2nnc(C(C)N3CCN(CC(=O)N4CCOCC4)CC3)o2)cc1. The molecule has 0 N–H and O–H groups in total. The fourth-order valence-electron chi connectivity index (χ4n) is 3.82. The van der Waals surface area contributed by atoms with Crippen LogP contribution < -0.4 is 4.74 Å². The van der Waals surface area contributed by atoms with Gasteiger partial charge < -0.3 is 18.8 Å². The van der Waals surface area contributed by atoms with Crippen LogP contribution in [0.1, 0.15) is 18.9 Å². The largest absolute Gasteiger partial charge is 0.497 e. The van der Waals surface area contributed by atoms with Gasteiger partial charge in [0.05, 0.1) is 32.9 Å². The van der Waals surface area contributed by atoms with Crippen LogP contribution in [0.3, 0.4) is 0 Å². The average molecular weight is 415 g/mol. The number of morpholine rings is 1. The Bertz CT molecular complexity index is 826. The van der Waals surface area contributed by atoms with E-state index in [1.165, 1.54) is 0 Å². The number of aromatic nitrogens is 2. The van der Waals surface area contributed by atoms with E-state index in [-0.39, 0.29) is 11.9 Å². The summed E-state index contributed by atoms with van der Waals surface area (Å²) in [6, 6.07) is 7.59. The van der Waals surface area contributed by atoms with E-state index in [0.29, 0.717) is 44.6 Å². The molecule has 1 atom stereocenters. The maximum absolute atomic E-state index is 12.5. The van der Waals surface area contributed by atoms with Crippen LogP contribution in [-0.2, 0) is 9.53 Å². The van der Waals surface area contributed by atoms with Crippen molar-refractivity contribution in [2.24, 2.45) is 0 Å². The molecule has 0 aliphatic carbocycles. The van der Waals surface area contributed by atoms with E-state index in [1.807, 2.05) is 29.2 Å². The van der Waals surface area contributed by atoms with Crippen LogP contribution in [0.5, 0.6) is 5.75 Å². The van der Waals surface area contributed by atoms with Crippen molar-refractivity contribution in [2.75, 3.05) is 66.1 Å². The fourth-order valence-corrected chi connectivity index (χ4v) is 3.82. The minimum absolute atomic E-state index is 0.0293. The van der Waals surface area contributed by atoms with E-state index in [2.05, 4.69) is 26.9 Å². The lowest BCUT2D eigenvalue weighted by atomic mass is 10.2. The van der Waals surface area contributed by atoms with Gasteiger partial charge >= 0.3 is 0 Å². The lowest BCUT2D eigenvalue weighted by Gasteiger charge is -2.37. The standard InChI is InChI=1S/C21H29N5O4/c1-16(20-22-23-21(30-20)17-3-5-18(28-2)6-4-17)25-9-7-24(8-10-25)15-19(27)26-11-13-29-14-12-26/h3-6,16H,7-15H2,1-2H3. The summed E-state index contributed by atoms with van der Waals surface area (Å²) >= 11 is 0. The van der Waals surface area contributed by atoms with Crippen LogP contribution in [0.2, 0.25) is 0 Å². The second-order valence-electron chi connectivity index (χ2n) is 7.66. The van der Waals surface area contributed by atoms with Crippen LogP contribution in [0.15, 0.2) is 28.7 Å². The van der Waals surface area contributed by atoms with Crippen LogP contribution >= 0.6 is 0 Å². The van der Waals surface area contributed by atoms with Crippen molar-refractivity contribution in [1.29, 1.82) is 0 Å². The van der Waals surface area contributed by atoms with Gasteiger partial charge in [0, 0.05) is 44.8 Å². The van der Waals surface area contributed by atoms with Gasteiger partial charge in [0.15, 0.2) is 0 Å². The maximum Gasteiger partial charge on any atom is 0.247 e. The second-order valence-corrected chi connectivity index (χ2v) is 7.66. The van der Waals surface area contributed by atoms with Crippen LogP contribution in [0, 0.1) is 0 Å². The highest BCUT2D eigenvalue weighted by molar-refractivity contribution is 5.78.